The molecule has 0 aromatic rings. The van der Waals surface area contributed by atoms with Crippen LogP contribution in [0.15, 0.2) is 0 Å². The van der Waals surface area contributed by atoms with Gasteiger partial charge in [0, 0.05) is 12.1 Å². The number of alkyl halides is 3. The maximum absolute atomic E-state index is 12.2. The molecule has 0 aromatic carbocycles. The van der Waals surface area contributed by atoms with E-state index in [1.807, 2.05) is 0 Å². The molecule has 0 saturated heterocycles. The van der Waals surface area contributed by atoms with Crippen molar-refractivity contribution in [3.05, 3.63) is 0 Å². The fourth-order valence-electron chi connectivity index (χ4n) is 0.809. The number of rotatable bonds is 2. The SMILES string of the molecule is CC(C)(C)NC(=O)NC(CN)C(F)(F)F. The number of hydrogen-bond acceptors (Lipinski definition) is 2. The summed E-state index contributed by atoms with van der Waals surface area (Å²) in [6.45, 7) is 4.31. The van der Waals surface area contributed by atoms with Gasteiger partial charge in [-0.2, -0.15) is 13.2 Å². The Bertz CT molecular complexity index is 222. The van der Waals surface area contributed by atoms with Crippen LogP contribution in [0, 0.1) is 0 Å². The zero-order chi connectivity index (χ0) is 12.3. The van der Waals surface area contributed by atoms with Crippen molar-refractivity contribution in [1.29, 1.82) is 0 Å². The van der Waals surface area contributed by atoms with Gasteiger partial charge in [0.25, 0.3) is 0 Å². The third-order valence-electron chi connectivity index (χ3n) is 1.42. The molecule has 0 aliphatic rings. The van der Waals surface area contributed by atoms with E-state index in [9.17, 15) is 18.0 Å². The number of nitrogens with two attached hydrogens (primary N) is 1. The van der Waals surface area contributed by atoms with E-state index in [0.29, 0.717) is 0 Å². The zero-order valence-corrected chi connectivity index (χ0v) is 8.90. The van der Waals surface area contributed by atoms with E-state index in [1.54, 1.807) is 26.1 Å². The molecule has 7 heteroatoms. The Hall–Kier alpha value is -0.980. The summed E-state index contributed by atoms with van der Waals surface area (Å²) >= 11 is 0. The van der Waals surface area contributed by atoms with E-state index in [0.717, 1.165) is 0 Å². The quantitative estimate of drug-likeness (QED) is 0.658. The highest BCUT2D eigenvalue weighted by atomic mass is 19.4. The summed E-state index contributed by atoms with van der Waals surface area (Å²) < 4.78 is 36.6. The predicted octanol–water partition coefficient (Wildman–Crippen LogP) is 0.974. The topological polar surface area (TPSA) is 67.2 Å². The van der Waals surface area contributed by atoms with Crippen LogP contribution in [-0.4, -0.2) is 30.3 Å². The van der Waals surface area contributed by atoms with Crippen LogP contribution in [0.3, 0.4) is 0 Å². The van der Waals surface area contributed by atoms with Crippen molar-refractivity contribution in [2.24, 2.45) is 5.73 Å². The van der Waals surface area contributed by atoms with Gasteiger partial charge in [0.05, 0.1) is 0 Å². The molecule has 4 N–H and O–H groups in total. The van der Waals surface area contributed by atoms with E-state index < -0.39 is 30.3 Å². The average Bonchev–Trinajstić information content (AvgIpc) is 1.94. The van der Waals surface area contributed by atoms with Crippen molar-refractivity contribution in [3.8, 4) is 0 Å². The van der Waals surface area contributed by atoms with Crippen LogP contribution < -0.4 is 16.4 Å². The van der Waals surface area contributed by atoms with Gasteiger partial charge in [-0.25, -0.2) is 4.79 Å². The largest absolute Gasteiger partial charge is 0.409 e. The third kappa shape index (κ3) is 6.16. The second-order valence-electron chi connectivity index (χ2n) is 4.18. The molecule has 0 heterocycles. The number of amides is 2. The first-order chi connectivity index (χ1) is 6.56. The van der Waals surface area contributed by atoms with Gasteiger partial charge >= 0.3 is 12.2 Å². The van der Waals surface area contributed by atoms with Crippen LogP contribution in [-0.2, 0) is 0 Å². The normalized spacial score (nSPS) is 14.6. The predicted molar refractivity (Wildman–Crippen MR) is 50.3 cm³/mol. The lowest BCUT2D eigenvalue weighted by Crippen LogP contribution is -2.56. The zero-order valence-electron chi connectivity index (χ0n) is 8.90. The second kappa shape index (κ2) is 4.69. The van der Waals surface area contributed by atoms with Gasteiger partial charge in [-0.1, -0.05) is 0 Å². The molecule has 0 saturated carbocycles. The van der Waals surface area contributed by atoms with Crippen molar-refractivity contribution in [3.63, 3.8) is 0 Å². The molecule has 0 radical (unpaired) electrons. The second-order valence-corrected chi connectivity index (χ2v) is 4.18. The maximum atomic E-state index is 12.2. The summed E-state index contributed by atoms with van der Waals surface area (Å²) in [5.41, 5.74) is 4.32. The van der Waals surface area contributed by atoms with Crippen LogP contribution in [0.1, 0.15) is 20.8 Å². The Balaban J connectivity index is 4.27. The number of halogens is 3. The van der Waals surface area contributed by atoms with Crippen molar-refractivity contribution >= 4 is 6.03 Å². The first-order valence-corrected chi connectivity index (χ1v) is 4.41. The first kappa shape index (κ1) is 14.0. The van der Waals surface area contributed by atoms with Crippen molar-refractivity contribution in [2.45, 2.75) is 38.5 Å². The van der Waals surface area contributed by atoms with Crippen LogP contribution >= 0.6 is 0 Å². The van der Waals surface area contributed by atoms with Crippen LogP contribution in [0.4, 0.5) is 18.0 Å². The minimum atomic E-state index is -4.52. The fraction of sp³-hybridized carbons (Fsp3) is 0.875. The Kier molecular flexibility index (Phi) is 4.39. The van der Waals surface area contributed by atoms with E-state index in [2.05, 4.69) is 5.32 Å². The summed E-state index contributed by atoms with van der Waals surface area (Å²) in [6.07, 6.45) is -4.52. The Morgan fingerprint density at radius 2 is 1.80 bits per heavy atom. The molecule has 1 atom stereocenters. The van der Waals surface area contributed by atoms with Gasteiger partial charge in [0.1, 0.15) is 6.04 Å². The molecule has 1 unspecified atom stereocenters. The van der Waals surface area contributed by atoms with Gasteiger partial charge in [0.2, 0.25) is 0 Å². The average molecular weight is 227 g/mol. The molecule has 4 nitrogen and oxygen atoms in total. The third-order valence-corrected chi connectivity index (χ3v) is 1.42. The van der Waals surface area contributed by atoms with Crippen LogP contribution in [0.5, 0.6) is 0 Å². The van der Waals surface area contributed by atoms with Gasteiger partial charge in [-0.15, -0.1) is 0 Å². The fourth-order valence-corrected chi connectivity index (χ4v) is 0.809. The first-order valence-electron chi connectivity index (χ1n) is 4.41. The molecule has 0 aliphatic carbocycles. The highest BCUT2D eigenvalue weighted by Crippen LogP contribution is 2.19. The van der Waals surface area contributed by atoms with Crippen molar-refractivity contribution in [1.82, 2.24) is 10.6 Å². The lowest BCUT2D eigenvalue weighted by molar-refractivity contribution is -0.150. The molecule has 2 amide bonds. The monoisotopic (exact) mass is 227 g/mol. The summed E-state index contributed by atoms with van der Waals surface area (Å²) in [5, 5.41) is 4.11. The summed E-state index contributed by atoms with van der Waals surface area (Å²) in [4.78, 5) is 11.1. The molecule has 0 bridgehead atoms. The minimum absolute atomic E-state index is 0.588. The molecular weight excluding hydrogens is 211 g/mol. The lowest BCUT2D eigenvalue weighted by Gasteiger charge is -2.25. The number of urea groups is 1. The summed E-state index contributed by atoms with van der Waals surface area (Å²) in [7, 11) is 0. The highest BCUT2D eigenvalue weighted by Gasteiger charge is 2.39. The molecule has 0 aromatic heterocycles. The maximum Gasteiger partial charge on any atom is 0.409 e. The molecule has 0 rings (SSSR count). The number of carbonyl (C=O) groups is 1. The number of nitrogens with one attached hydrogen (secondary N) is 2. The molecule has 0 fully saturated rings. The highest BCUT2D eigenvalue weighted by molar-refractivity contribution is 5.75. The summed E-state index contributed by atoms with van der Waals surface area (Å²) in [5.74, 6) is 0. The van der Waals surface area contributed by atoms with Gasteiger partial charge in [-0.05, 0) is 20.8 Å². The van der Waals surface area contributed by atoms with E-state index in [1.165, 1.54) is 0 Å². The Labute approximate surface area is 86.4 Å². The molecular formula is C8H16F3N3O. The van der Waals surface area contributed by atoms with E-state index in [-0.39, 0.29) is 0 Å². The lowest BCUT2D eigenvalue weighted by atomic mass is 10.1. The van der Waals surface area contributed by atoms with Crippen LogP contribution in [0.2, 0.25) is 0 Å². The molecule has 90 valence electrons. The number of hydrogen-bond donors (Lipinski definition) is 3. The standard InChI is InChI=1S/C8H16F3N3O/c1-7(2,3)14-6(15)13-5(4-12)8(9,10)11/h5H,4,12H2,1-3H3,(H2,13,14,15). The van der Waals surface area contributed by atoms with Gasteiger partial charge in [0.15, 0.2) is 0 Å². The minimum Gasteiger partial charge on any atom is -0.334 e. The van der Waals surface area contributed by atoms with Crippen molar-refractivity contribution < 1.29 is 18.0 Å². The Morgan fingerprint density at radius 3 is 2.07 bits per heavy atom. The number of carbonyl (C=O) groups excluding carboxylic acids is 1. The molecule has 0 spiro atoms. The van der Waals surface area contributed by atoms with Crippen molar-refractivity contribution in [2.75, 3.05) is 6.54 Å². The van der Waals surface area contributed by atoms with Gasteiger partial charge in [-0.3, -0.25) is 0 Å². The smallest absolute Gasteiger partial charge is 0.334 e. The van der Waals surface area contributed by atoms with Crippen LogP contribution in [0.25, 0.3) is 0 Å². The van der Waals surface area contributed by atoms with Gasteiger partial charge < -0.3 is 16.4 Å². The van der Waals surface area contributed by atoms with E-state index in [4.69, 9.17) is 5.73 Å². The van der Waals surface area contributed by atoms with E-state index >= 15 is 0 Å². The molecule has 15 heavy (non-hydrogen) atoms. The molecule has 0 aliphatic heterocycles. The summed E-state index contributed by atoms with van der Waals surface area (Å²) in [6, 6.07) is -2.89. The Morgan fingerprint density at radius 1 is 1.33 bits per heavy atom.